The number of nitrogens with zero attached hydrogens (tertiary/aromatic N) is 2. The van der Waals surface area contributed by atoms with Crippen LogP contribution >= 0.6 is 11.3 Å². The molecule has 30 heavy (non-hydrogen) atoms. The van der Waals surface area contributed by atoms with E-state index in [2.05, 4.69) is 15.3 Å². The maximum Gasteiger partial charge on any atom is 0.418 e. The van der Waals surface area contributed by atoms with Crippen LogP contribution in [0.5, 0.6) is 5.88 Å². The Kier molecular flexibility index (Phi) is 5.37. The van der Waals surface area contributed by atoms with Crippen LogP contribution in [0, 0.1) is 0 Å². The number of hydrogen-bond donors (Lipinski definition) is 1. The molecule has 4 aromatic rings. The molecule has 5 nitrogen and oxygen atoms in total. The number of para-hydroxylation sites is 1. The molecular formula is C21H14F3N3O2S. The number of carbonyl (C=O) groups is 1. The molecule has 0 atom stereocenters. The number of hydrogen-bond acceptors (Lipinski definition) is 5. The van der Waals surface area contributed by atoms with E-state index < -0.39 is 24.3 Å². The summed E-state index contributed by atoms with van der Waals surface area (Å²) in [5.41, 5.74) is 0.542. The fourth-order valence-electron chi connectivity index (χ4n) is 2.95. The van der Waals surface area contributed by atoms with Gasteiger partial charge in [0.15, 0.2) is 6.61 Å². The van der Waals surface area contributed by atoms with Gasteiger partial charge in [0.05, 0.1) is 16.6 Å². The average Bonchev–Trinajstić information content (AvgIpc) is 3.17. The lowest BCUT2D eigenvalue weighted by molar-refractivity contribution is -0.137. The van der Waals surface area contributed by atoms with Crippen molar-refractivity contribution >= 4 is 33.1 Å². The predicted molar refractivity (Wildman–Crippen MR) is 108 cm³/mol. The molecule has 0 saturated carbocycles. The number of ether oxygens (including phenoxy) is 1. The number of amides is 1. The molecule has 9 heteroatoms. The topological polar surface area (TPSA) is 64.1 Å². The molecule has 0 bridgehead atoms. The highest BCUT2D eigenvalue weighted by molar-refractivity contribution is 7.17. The zero-order valence-corrected chi connectivity index (χ0v) is 16.1. The Morgan fingerprint density at radius 1 is 1.03 bits per heavy atom. The van der Waals surface area contributed by atoms with Gasteiger partial charge in [0.25, 0.3) is 5.91 Å². The molecule has 2 aromatic heterocycles. The molecule has 0 radical (unpaired) electrons. The second-order valence-electron chi connectivity index (χ2n) is 6.25. The summed E-state index contributed by atoms with van der Waals surface area (Å²) in [7, 11) is 0. The zero-order chi connectivity index (χ0) is 21.1. The summed E-state index contributed by atoms with van der Waals surface area (Å²) >= 11 is 1.41. The Morgan fingerprint density at radius 2 is 1.77 bits per heavy atom. The molecule has 0 aliphatic rings. The molecule has 0 saturated heterocycles. The summed E-state index contributed by atoms with van der Waals surface area (Å²) in [4.78, 5) is 21.3. The number of thiophene rings is 1. The summed E-state index contributed by atoms with van der Waals surface area (Å²) < 4.78 is 44.8. The maximum atomic E-state index is 13.1. The van der Waals surface area contributed by atoms with Crippen LogP contribution in [0.25, 0.3) is 21.3 Å². The highest BCUT2D eigenvalue weighted by Crippen LogP contribution is 2.37. The van der Waals surface area contributed by atoms with Crippen molar-refractivity contribution in [3.63, 3.8) is 0 Å². The number of anilines is 1. The third-order valence-corrected chi connectivity index (χ3v) is 5.15. The van der Waals surface area contributed by atoms with Crippen molar-refractivity contribution in [2.24, 2.45) is 0 Å². The van der Waals surface area contributed by atoms with Crippen LogP contribution in [0.3, 0.4) is 0 Å². The minimum Gasteiger partial charge on any atom is -0.467 e. The maximum absolute atomic E-state index is 13.1. The van der Waals surface area contributed by atoms with Gasteiger partial charge in [0.2, 0.25) is 5.88 Å². The van der Waals surface area contributed by atoms with Gasteiger partial charge in [-0.25, -0.2) is 9.97 Å². The van der Waals surface area contributed by atoms with E-state index in [9.17, 15) is 18.0 Å². The molecule has 0 aliphatic carbocycles. The zero-order valence-electron chi connectivity index (χ0n) is 15.3. The number of fused-ring (bicyclic) bond motifs is 1. The van der Waals surface area contributed by atoms with Crippen LogP contribution in [0.4, 0.5) is 18.9 Å². The molecule has 152 valence electrons. The summed E-state index contributed by atoms with van der Waals surface area (Å²) in [6, 6.07) is 14.3. The summed E-state index contributed by atoms with van der Waals surface area (Å²) in [5, 5.41) is 4.82. The molecular weight excluding hydrogens is 415 g/mol. The predicted octanol–water partition coefficient (Wildman–Crippen LogP) is 5.39. The minimum atomic E-state index is -4.58. The molecule has 0 unspecified atom stereocenters. The first-order valence-electron chi connectivity index (χ1n) is 8.80. The summed E-state index contributed by atoms with van der Waals surface area (Å²) in [6.45, 7) is -0.498. The molecule has 1 amide bonds. The van der Waals surface area contributed by atoms with Crippen molar-refractivity contribution < 1.29 is 22.7 Å². The van der Waals surface area contributed by atoms with E-state index in [4.69, 9.17) is 4.74 Å². The fraction of sp³-hybridized carbons (Fsp3) is 0.0952. The van der Waals surface area contributed by atoms with Gasteiger partial charge in [-0.3, -0.25) is 4.79 Å². The van der Waals surface area contributed by atoms with Crippen LogP contribution in [-0.4, -0.2) is 22.5 Å². The SMILES string of the molecule is O=C(COc1ncnc2scc(-c3ccccc3)c12)Nc1ccccc1C(F)(F)F. The molecule has 0 spiro atoms. The third kappa shape index (κ3) is 4.11. The highest BCUT2D eigenvalue weighted by Gasteiger charge is 2.33. The van der Waals surface area contributed by atoms with E-state index in [-0.39, 0.29) is 11.6 Å². The second-order valence-corrected chi connectivity index (χ2v) is 7.11. The third-order valence-electron chi connectivity index (χ3n) is 4.27. The summed E-state index contributed by atoms with van der Waals surface area (Å²) in [5.74, 6) is -0.533. The first-order chi connectivity index (χ1) is 14.4. The van der Waals surface area contributed by atoms with Gasteiger partial charge < -0.3 is 10.1 Å². The Balaban J connectivity index is 1.55. The van der Waals surface area contributed by atoms with Crippen molar-refractivity contribution in [2.75, 3.05) is 11.9 Å². The van der Waals surface area contributed by atoms with Crippen LogP contribution in [0.1, 0.15) is 5.56 Å². The summed E-state index contributed by atoms with van der Waals surface area (Å²) in [6.07, 6.45) is -3.26. The molecule has 0 fully saturated rings. The Morgan fingerprint density at radius 3 is 2.53 bits per heavy atom. The number of carbonyl (C=O) groups excluding carboxylic acids is 1. The quantitative estimate of drug-likeness (QED) is 0.462. The van der Waals surface area contributed by atoms with Crippen LogP contribution in [-0.2, 0) is 11.0 Å². The average molecular weight is 429 g/mol. The molecule has 1 N–H and O–H groups in total. The second kappa shape index (κ2) is 8.11. The van der Waals surface area contributed by atoms with Gasteiger partial charge in [-0.2, -0.15) is 13.2 Å². The lowest BCUT2D eigenvalue weighted by atomic mass is 10.1. The molecule has 0 aliphatic heterocycles. The fourth-order valence-corrected chi connectivity index (χ4v) is 3.85. The largest absolute Gasteiger partial charge is 0.467 e. The first-order valence-corrected chi connectivity index (χ1v) is 9.68. The Hall–Kier alpha value is -3.46. The number of nitrogens with one attached hydrogen (secondary N) is 1. The van der Waals surface area contributed by atoms with E-state index in [1.807, 2.05) is 35.7 Å². The van der Waals surface area contributed by atoms with E-state index in [0.717, 1.165) is 17.2 Å². The van der Waals surface area contributed by atoms with Crippen LogP contribution in [0.15, 0.2) is 66.3 Å². The number of rotatable bonds is 5. The van der Waals surface area contributed by atoms with Crippen LogP contribution < -0.4 is 10.1 Å². The number of halogens is 3. The number of alkyl halides is 3. The van der Waals surface area contributed by atoms with Crippen LogP contribution in [0.2, 0.25) is 0 Å². The Bertz CT molecular complexity index is 1190. The van der Waals surface area contributed by atoms with E-state index in [1.54, 1.807) is 0 Å². The van der Waals surface area contributed by atoms with E-state index in [1.165, 1.54) is 35.9 Å². The van der Waals surface area contributed by atoms with Crippen molar-refractivity contribution in [1.29, 1.82) is 0 Å². The van der Waals surface area contributed by atoms with Crippen molar-refractivity contribution in [3.05, 3.63) is 71.9 Å². The lowest BCUT2D eigenvalue weighted by Crippen LogP contribution is -2.22. The highest BCUT2D eigenvalue weighted by atomic mass is 32.1. The van der Waals surface area contributed by atoms with Gasteiger partial charge >= 0.3 is 6.18 Å². The van der Waals surface area contributed by atoms with Crippen molar-refractivity contribution in [1.82, 2.24) is 9.97 Å². The van der Waals surface area contributed by atoms with Crippen molar-refractivity contribution in [3.8, 4) is 17.0 Å². The van der Waals surface area contributed by atoms with E-state index in [0.29, 0.717) is 10.2 Å². The Labute approximate surface area is 173 Å². The number of aromatic nitrogens is 2. The van der Waals surface area contributed by atoms with Gasteiger partial charge in [-0.15, -0.1) is 11.3 Å². The molecule has 2 aromatic carbocycles. The van der Waals surface area contributed by atoms with Gasteiger partial charge in [-0.05, 0) is 17.7 Å². The number of benzene rings is 2. The monoisotopic (exact) mass is 429 g/mol. The normalized spacial score (nSPS) is 11.4. The minimum absolute atomic E-state index is 0.194. The van der Waals surface area contributed by atoms with Crippen molar-refractivity contribution in [2.45, 2.75) is 6.18 Å². The molecule has 4 rings (SSSR count). The van der Waals surface area contributed by atoms with Gasteiger partial charge in [0, 0.05) is 10.9 Å². The van der Waals surface area contributed by atoms with Gasteiger partial charge in [-0.1, -0.05) is 42.5 Å². The van der Waals surface area contributed by atoms with Gasteiger partial charge in [0.1, 0.15) is 11.2 Å². The smallest absolute Gasteiger partial charge is 0.418 e. The first kappa shape index (κ1) is 19.8. The van der Waals surface area contributed by atoms with E-state index >= 15 is 0 Å². The standard InChI is InChI=1S/C21H14F3N3O2S/c22-21(23,24)15-8-4-5-9-16(15)27-17(28)10-29-19-18-14(13-6-2-1-3-7-13)11-30-20(18)26-12-25-19/h1-9,11-12H,10H2,(H,27,28). The lowest BCUT2D eigenvalue weighted by Gasteiger charge is -2.14. The molecule has 2 heterocycles.